The molecule has 1 aromatic rings. The van der Waals surface area contributed by atoms with E-state index in [2.05, 4.69) is 5.32 Å². The molecule has 5 heteroatoms. The zero-order valence-corrected chi connectivity index (χ0v) is 10.6. The molecule has 0 atom stereocenters. The van der Waals surface area contributed by atoms with Crippen LogP contribution in [0, 0.1) is 17.0 Å². The van der Waals surface area contributed by atoms with Crippen LogP contribution in [0.3, 0.4) is 0 Å². The van der Waals surface area contributed by atoms with Crippen molar-refractivity contribution in [1.82, 2.24) is 0 Å². The van der Waals surface area contributed by atoms with Crippen LogP contribution >= 0.6 is 0 Å². The summed E-state index contributed by atoms with van der Waals surface area (Å²) in [7, 11) is 0. The van der Waals surface area contributed by atoms with Gasteiger partial charge in [0.1, 0.15) is 0 Å². The normalized spacial score (nSPS) is 23.7. The minimum atomic E-state index is -0.360. The summed E-state index contributed by atoms with van der Waals surface area (Å²) in [4.78, 5) is 10.4. The molecule has 1 aliphatic rings. The number of hydrogen-bond acceptors (Lipinski definition) is 4. The minimum Gasteiger partial charge on any atom is -0.382 e. The molecule has 0 heterocycles. The van der Waals surface area contributed by atoms with Crippen molar-refractivity contribution in [2.75, 3.05) is 5.32 Å². The van der Waals surface area contributed by atoms with Crippen LogP contribution in [0.5, 0.6) is 0 Å². The molecule has 0 saturated heterocycles. The summed E-state index contributed by atoms with van der Waals surface area (Å²) < 4.78 is 0. The average Bonchev–Trinajstić information content (AvgIpc) is 2.34. The number of non-ortho nitro benzene ring substituents is 1. The summed E-state index contributed by atoms with van der Waals surface area (Å²) >= 11 is 0. The number of anilines is 1. The van der Waals surface area contributed by atoms with E-state index < -0.39 is 0 Å². The highest BCUT2D eigenvalue weighted by Crippen LogP contribution is 2.26. The zero-order valence-electron chi connectivity index (χ0n) is 10.6. The largest absolute Gasteiger partial charge is 0.382 e. The van der Waals surface area contributed by atoms with E-state index in [9.17, 15) is 10.1 Å². The molecule has 0 bridgehead atoms. The van der Waals surface area contributed by atoms with E-state index in [1.165, 1.54) is 6.07 Å². The number of benzene rings is 1. The van der Waals surface area contributed by atoms with Gasteiger partial charge in [-0.3, -0.25) is 10.1 Å². The summed E-state index contributed by atoms with van der Waals surface area (Å²) in [5.74, 6) is 0. The summed E-state index contributed by atoms with van der Waals surface area (Å²) in [6.45, 7) is 1.96. The number of aryl methyl sites for hydroxylation is 1. The monoisotopic (exact) mass is 249 g/mol. The predicted molar refractivity (Wildman–Crippen MR) is 71.7 cm³/mol. The highest BCUT2D eigenvalue weighted by molar-refractivity contribution is 5.57. The van der Waals surface area contributed by atoms with E-state index in [4.69, 9.17) is 5.73 Å². The van der Waals surface area contributed by atoms with Crippen LogP contribution < -0.4 is 11.1 Å². The molecular weight excluding hydrogens is 230 g/mol. The summed E-state index contributed by atoms with van der Waals surface area (Å²) in [5.41, 5.74) is 7.90. The molecular formula is C13H19N3O2. The van der Waals surface area contributed by atoms with Gasteiger partial charge in [0.2, 0.25) is 0 Å². The Morgan fingerprint density at radius 3 is 2.61 bits per heavy atom. The van der Waals surface area contributed by atoms with Crippen molar-refractivity contribution in [2.45, 2.75) is 44.7 Å². The second-order valence-electron chi connectivity index (χ2n) is 5.01. The predicted octanol–water partition coefficient (Wildman–Crippen LogP) is 2.59. The highest BCUT2D eigenvalue weighted by Gasteiger charge is 2.19. The van der Waals surface area contributed by atoms with Crippen LogP contribution in [0.25, 0.3) is 0 Å². The molecule has 1 aromatic carbocycles. The Morgan fingerprint density at radius 1 is 1.33 bits per heavy atom. The van der Waals surface area contributed by atoms with Crippen LogP contribution in [-0.4, -0.2) is 17.0 Å². The van der Waals surface area contributed by atoms with Crippen molar-refractivity contribution in [3.8, 4) is 0 Å². The first-order chi connectivity index (χ1) is 8.56. The molecule has 5 nitrogen and oxygen atoms in total. The number of nitro benzene ring substituents is 1. The maximum absolute atomic E-state index is 10.8. The van der Waals surface area contributed by atoms with E-state index in [1.807, 2.05) is 6.92 Å². The Labute approximate surface area is 107 Å². The van der Waals surface area contributed by atoms with Gasteiger partial charge in [-0.15, -0.1) is 0 Å². The molecule has 0 aliphatic heterocycles. The molecule has 0 unspecified atom stereocenters. The topological polar surface area (TPSA) is 81.2 Å². The first-order valence-corrected chi connectivity index (χ1v) is 6.33. The maximum atomic E-state index is 10.8. The molecule has 18 heavy (non-hydrogen) atoms. The van der Waals surface area contributed by atoms with Crippen molar-refractivity contribution >= 4 is 11.4 Å². The first-order valence-electron chi connectivity index (χ1n) is 6.33. The number of nitrogens with two attached hydrogens (primary N) is 1. The number of nitro groups is 1. The van der Waals surface area contributed by atoms with Gasteiger partial charge in [0.15, 0.2) is 0 Å². The molecule has 0 amide bonds. The van der Waals surface area contributed by atoms with E-state index in [0.717, 1.165) is 36.9 Å². The third kappa shape index (κ3) is 2.98. The second kappa shape index (κ2) is 5.35. The first kappa shape index (κ1) is 12.8. The lowest BCUT2D eigenvalue weighted by molar-refractivity contribution is -0.384. The summed E-state index contributed by atoms with van der Waals surface area (Å²) in [6.07, 6.45) is 4.10. The maximum Gasteiger partial charge on any atom is 0.271 e. The number of hydrogen-bond donors (Lipinski definition) is 2. The van der Waals surface area contributed by atoms with Gasteiger partial charge in [-0.25, -0.2) is 0 Å². The lowest BCUT2D eigenvalue weighted by atomic mass is 9.91. The number of nitrogens with one attached hydrogen (secondary N) is 1. The quantitative estimate of drug-likeness (QED) is 0.637. The fourth-order valence-electron chi connectivity index (χ4n) is 2.36. The Kier molecular flexibility index (Phi) is 3.81. The molecule has 1 saturated carbocycles. The van der Waals surface area contributed by atoms with E-state index in [-0.39, 0.29) is 10.6 Å². The molecule has 98 valence electrons. The highest BCUT2D eigenvalue weighted by atomic mass is 16.6. The fraction of sp³-hybridized carbons (Fsp3) is 0.538. The summed E-state index contributed by atoms with van der Waals surface area (Å²) in [5, 5.41) is 14.2. The Balaban J connectivity index is 2.08. The SMILES string of the molecule is Cc1ccc([N+](=O)[O-])cc1NC1CCC(N)CC1. The van der Waals surface area contributed by atoms with Crippen LogP contribution in [-0.2, 0) is 0 Å². The van der Waals surface area contributed by atoms with Gasteiger partial charge in [0.25, 0.3) is 5.69 Å². The van der Waals surface area contributed by atoms with Crippen LogP contribution in [0.1, 0.15) is 31.2 Å². The van der Waals surface area contributed by atoms with Crippen molar-refractivity contribution in [1.29, 1.82) is 0 Å². The third-order valence-electron chi connectivity index (χ3n) is 3.56. The molecule has 1 fully saturated rings. The van der Waals surface area contributed by atoms with Gasteiger partial charge in [0, 0.05) is 29.9 Å². The van der Waals surface area contributed by atoms with Crippen molar-refractivity contribution < 1.29 is 4.92 Å². The van der Waals surface area contributed by atoms with Gasteiger partial charge >= 0.3 is 0 Å². The molecule has 0 spiro atoms. The van der Waals surface area contributed by atoms with E-state index in [0.29, 0.717) is 12.1 Å². The van der Waals surface area contributed by atoms with Crippen LogP contribution in [0.4, 0.5) is 11.4 Å². The van der Waals surface area contributed by atoms with Gasteiger partial charge < -0.3 is 11.1 Å². The van der Waals surface area contributed by atoms with Crippen LogP contribution in [0.2, 0.25) is 0 Å². The second-order valence-corrected chi connectivity index (χ2v) is 5.01. The summed E-state index contributed by atoms with van der Waals surface area (Å²) in [6, 6.07) is 5.63. The lowest BCUT2D eigenvalue weighted by Gasteiger charge is -2.28. The standard InChI is InChI=1S/C13H19N3O2/c1-9-2-7-12(16(17)18)8-13(9)15-11-5-3-10(14)4-6-11/h2,7-8,10-11,15H,3-6,14H2,1H3. The van der Waals surface area contributed by atoms with Gasteiger partial charge in [-0.2, -0.15) is 0 Å². The number of rotatable bonds is 3. The molecule has 0 radical (unpaired) electrons. The van der Waals surface area contributed by atoms with Gasteiger partial charge in [-0.05, 0) is 38.2 Å². The van der Waals surface area contributed by atoms with E-state index in [1.54, 1.807) is 12.1 Å². The lowest BCUT2D eigenvalue weighted by Crippen LogP contribution is -2.32. The Morgan fingerprint density at radius 2 is 2.00 bits per heavy atom. The van der Waals surface area contributed by atoms with Gasteiger partial charge in [0.05, 0.1) is 4.92 Å². The third-order valence-corrected chi connectivity index (χ3v) is 3.56. The average molecular weight is 249 g/mol. The molecule has 0 aromatic heterocycles. The van der Waals surface area contributed by atoms with Crippen LogP contribution in [0.15, 0.2) is 18.2 Å². The molecule has 1 aliphatic carbocycles. The van der Waals surface area contributed by atoms with E-state index >= 15 is 0 Å². The van der Waals surface area contributed by atoms with Gasteiger partial charge in [-0.1, -0.05) is 6.07 Å². The smallest absolute Gasteiger partial charge is 0.271 e. The zero-order chi connectivity index (χ0) is 13.1. The molecule has 3 N–H and O–H groups in total. The fourth-order valence-corrected chi connectivity index (χ4v) is 2.36. The van der Waals surface area contributed by atoms with Crippen molar-refractivity contribution in [2.24, 2.45) is 5.73 Å². The van der Waals surface area contributed by atoms with Crippen molar-refractivity contribution in [3.05, 3.63) is 33.9 Å². The van der Waals surface area contributed by atoms with Crippen molar-refractivity contribution in [3.63, 3.8) is 0 Å². The minimum absolute atomic E-state index is 0.135. The number of nitrogens with zero attached hydrogens (tertiary/aromatic N) is 1. The Hall–Kier alpha value is -1.62. The molecule has 2 rings (SSSR count). The Bertz CT molecular complexity index is 440.